The molecule has 8 unspecified atom stereocenters. The number of allylic oxidation sites excluding steroid dienone is 2. The van der Waals surface area contributed by atoms with Crippen LogP contribution in [-0.4, -0.2) is 30.6 Å². The first-order chi connectivity index (χ1) is 11.2. The summed E-state index contributed by atoms with van der Waals surface area (Å²) in [6.45, 7) is 1.85. The van der Waals surface area contributed by atoms with Gasteiger partial charge in [0.05, 0.1) is 24.2 Å². The minimum Gasteiger partial charge on any atom is -0.436 e. The Morgan fingerprint density at radius 3 is 2.65 bits per heavy atom. The molecule has 4 nitrogen and oxygen atoms in total. The third-order valence-electron chi connectivity index (χ3n) is 6.88. The third kappa shape index (κ3) is 2.21. The number of esters is 1. The molecule has 0 N–H and O–H groups in total. The van der Waals surface area contributed by atoms with Crippen LogP contribution < -0.4 is 0 Å². The van der Waals surface area contributed by atoms with E-state index < -0.39 is 6.29 Å². The molecule has 5 rings (SSSR count). The van der Waals surface area contributed by atoms with Crippen molar-refractivity contribution < 1.29 is 19.0 Å². The van der Waals surface area contributed by atoms with Crippen LogP contribution in [0.1, 0.15) is 45.4 Å². The molecule has 2 heterocycles. The van der Waals surface area contributed by atoms with Crippen molar-refractivity contribution in [2.75, 3.05) is 0 Å². The van der Waals surface area contributed by atoms with Crippen LogP contribution in [0.15, 0.2) is 12.2 Å². The summed E-state index contributed by atoms with van der Waals surface area (Å²) in [6.07, 6.45) is 11.7. The van der Waals surface area contributed by atoms with Gasteiger partial charge in [-0.05, 0) is 56.3 Å². The fourth-order valence-electron chi connectivity index (χ4n) is 6.03. The molecule has 4 heteroatoms. The van der Waals surface area contributed by atoms with E-state index in [-0.39, 0.29) is 30.2 Å². The van der Waals surface area contributed by atoms with Crippen LogP contribution in [0.5, 0.6) is 0 Å². The summed E-state index contributed by atoms with van der Waals surface area (Å²) in [5, 5.41) is 0. The second kappa shape index (κ2) is 5.32. The Balaban J connectivity index is 1.21. The van der Waals surface area contributed by atoms with Crippen molar-refractivity contribution in [1.29, 1.82) is 0 Å². The Bertz CT molecular complexity index is 523. The number of carbonyl (C=O) groups excluding carboxylic acids is 1. The van der Waals surface area contributed by atoms with Crippen molar-refractivity contribution in [2.45, 2.75) is 70.1 Å². The van der Waals surface area contributed by atoms with Gasteiger partial charge in [0.1, 0.15) is 0 Å². The van der Waals surface area contributed by atoms with E-state index in [1.165, 1.54) is 19.3 Å². The third-order valence-corrected chi connectivity index (χ3v) is 6.88. The highest BCUT2D eigenvalue weighted by atomic mass is 16.7. The first kappa shape index (κ1) is 14.5. The van der Waals surface area contributed by atoms with Crippen LogP contribution >= 0.6 is 0 Å². The van der Waals surface area contributed by atoms with Gasteiger partial charge in [0.25, 0.3) is 0 Å². The highest BCUT2D eigenvalue weighted by molar-refractivity contribution is 5.74. The summed E-state index contributed by atoms with van der Waals surface area (Å²) in [4.78, 5) is 12.6. The first-order valence-electron chi connectivity index (χ1n) is 9.40. The zero-order chi connectivity index (χ0) is 15.6. The molecular weight excluding hydrogens is 292 g/mol. The number of hydrogen-bond donors (Lipinski definition) is 0. The van der Waals surface area contributed by atoms with Gasteiger partial charge >= 0.3 is 5.97 Å². The fraction of sp³-hybridized carbons (Fsp3) is 0.842. The van der Waals surface area contributed by atoms with Gasteiger partial charge in [-0.2, -0.15) is 0 Å². The molecule has 2 saturated carbocycles. The van der Waals surface area contributed by atoms with Crippen LogP contribution in [0.4, 0.5) is 0 Å². The van der Waals surface area contributed by atoms with Gasteiger partial charge in [-0.3, -0.25) is 4.79 Å². The van der Waals surface area contributed by atoms with Crippen molar-refractivity contribution in [3.63, 3.8) is 0 Å². The van der Waals surface area contributed by atoms with Crippen LogP contribution in [0.3, 0.4) is 0 Å². The minimum atomic E-state index is -0.430. The number of ether oxygens (including phenoxy) is 3. The molecule has 4 bridgehead atoms. The molecule has 3 aliphatic carbocycles. The summed E-state index contributed by atoms with van der Waals surface area (Å²) in [5.41, 5.74) is 0. The Morgan fingerprint density at radius 2 is 1.87 bits per heavy atom. The molecule has 5 aliphatic rings. The maximum Gasteiger partial charge on any atom is 0.313 e. The van der Waals surface area contributed by atoms with E-state index in [1.807, 2.05) is 6.92 Å². The SMILES string of the molecule is CC(OC(=O)C1CC2OC1C1C3C=CC(C3)C21)OC1CCCC1. The molecule has 8 atom stereocenters. The average molecular weight is 318 g/mol. The molecule has 23 heavy (non-hydrogen) atoms. The Hall–Kier alpha value is -0.870. The molecule has 0 spiro atoms. The molecule has 126 valence electrons. The van der Waals surface area contributed by atoms with Crippen molar-refractivity contribution in [3.05, 3.63) is 12.2 Å². The predicted octanol–water partition coefficient (Wildman–Crippen LogP) is 3.06. The lowest BCUT2D eigenvalue weighted by molar-refractivity contribution is -0.190. The lowest BCUT2D eigenvalue weighted by Gasteiger charge is -2.32. The normalized spacial score (nSPS) is 48.1. The second-order valence-electron chi connectivity index (χ2n) is 8.13. The fourth-order valence-corrected chi connectivity index (χ4v) is 6.03. The summed E-state index contributed by atoms with van der Waals surface area (Å²) >= 11 is 0. The maximum atomic E-state index is 12.6. The molecular formula is C19H26O4. The quantitative estimate of drug-likeness (QED) is 0.454. The standard InChI is InChI=1S/C19H26O4/c1-10(21-13-4-2-3-5-13)22-19(20)14-9-15-16-11-6-7-12(8-11)17(16)18(14)23-15/h6-7,10-18H,2-5,8-9H2,1H3. The first-order valence-corrected chi connectivity index (χ1v) is 9.40. The van der Waals surface area contributed by atoms with Gasteiger partial charge < -0.3 is 14.2 Å². The number of rotatable bonds is 4. The number of fused-ring (bicyclic) bond motifs is 9. The van der Waals surface area contributed by atoms with E-state index in [9.17, 15) is 4.79 Å². The molecule has 0 aromatic rings. The average Bonchev–Trinajstić information content (AvgIpc) is 3.30. The highest BCUT2D eigenvalue weighted by Gasteiger charge is 2.64. The van der Waals surface area contributed by atoms with Crippen LogP contribution in [0, 0.1) is 29.6 Å². The van der Waals surface area contributed by atoms with Gasteiger partial charge in [-0.25, -0.2) is 0 Å². The van der Waals surface area contributed by atoms with Gasteiger partial charge in [0.2, 0.25) is 0 Å². The van der Waals surface area contributed by atoms with Crippen molar-refractivity contribution in [1.82, 2.24) is 0 Å². The molecule has 2 saturated heterocycles. The molecule has 0 radical (unpaired) electrons. The number of carbonyl (C=O) groups is 1. The molecule has 0 aromatic carbocycles. The van der Waals surface area contributed by atoms with E-state index in [1.54, 1.807) is 0 Å². The topological polar surface area (TPSA) is 44.8 Å². The van der Waals surface area contributed by atoms with E-state index in [2.05, 4.69) is 12.2 Å². The van der Waals surface area contributed by atoms with Crippen LogP contribution in [0.25, 0.3) is 0 Å². The summed E-state index contributed by atoms with van der Waals surface area (Å²) in [7, 11) is 0. The summed E-state index contributed by atoms with van der Waals surface area (Å²) in [6, 6.07) is 0. The largest absolute Gasteiger partial charge is 0.436 e. The number of hydrogen-bond acceptors (Lipinski definition) is 4. The Morgan fingerprint density at radius 1 is 1.13 bits per heavy atom. The lowest BCUT2D eigenvalue weighted by atomic mass is 9.69. The van der Waals surface area contributed by atoms with Crippen LogP contribution in [0.2, 0.25) is 0 Å². The Kier molecular flexibility index (Phi) is 3.35. The summed E-state index contributed by atoms with van der Waals surface area (Å²) in [5.74, 6) is 2.35. The van der Waals surface area contributed by atoms with Crippen molar-refractivity contribution >= 4 is 5.97 Å². The van der Waals surface area contributed by atoms with Gasteiger partial charge in [0.15, 0.2) is 6.29 Å². The minimum absolute atomic E-state index is 0.0798. The smallest absolute Gasteiger partial charge is 0.313 e. The summed E-state index contributed by atoms with van der Waals surface area (Å²) < 4.78 is 17.7. The van der Waals surface area contributed by atoms with E-state index in [0.717, 1.165) is 19.3 Å². The molecule has 2 aliphatic heterocycles. The lowest BCUT2D eigenvalue weighted by Crippen LogP contribution is -2.40. The van der Waals surface area contributed by atoms with E-state index in [0.29, 0.717) is 23.7 Å². The Labute approximate surface area is 137 Å². The highest BCUT2D eigenvalue weighted by Crippen LogP contribution is 2.61. The molecule has 0 aromatic heterocycles. The van der Waals surface area contributed by atoms with Crippen molar-refractivity contribution in [3.8, 4) is 0 Å². The van der Waals surface area contributed by atoms with Gasteiger partial charge in [0, 0.05) is 0 Å². The van der Waals surface area contributed by atoms with Gasteiger partial charge in [-0.15, -0.1) is 0 Å². The van der Waals surface area contributed by atoms with E-state index >= 15 is 0 Å². The molecule has 4 fully saturated rings. The zero-order valence-corrected chi connectivity index (χ0v) is 13.7. The monoisotopic (exact) mass is 318 g/mol. The second-order valence-corrected chi connectivity index (χ2v) is 8.13. The van der Waals surface area contributed by atoms with Gasteiger partial charge in [-0.1, -0.05) is 25.0 Å². The zero-order valence-electron chi connectivity index (χ0n) is 13.7. The van der Waals surface area contributed by atoms with E-state index in [4.69, 9.17) is 14.2 Å². The maximum absolute atomic E-state index is 12.6. The van der Waals surface area contributed by atoms with Crippen LogP contribution in [-0.2, 0) is 19.0 Å². The molecule has 0 amide bonds. The van der Waals surface area contributed by atoms with Crippen molar-refractivity contribution in [2.24, 2.45) is 29.6 Å². The predicted molar refractivity (Wildman–Crippen MR) is 83.4 cm³/mol.